The third-order valence-corrected chi connectivity index (χ3v) is 5.88. The molecule has 4 atom stereocenters. The number of ether oxygens (including phenoxy) is 1. The van der Waals surface area contributed by atoms with E-state index in [9.17, 15) is 10.2 Å². The van der Waals surface area contributed by atoms with E-state index < -0.39 is 24.5 Å². The molecule has 2 aromatic carbocycles. The Morgan fingerprint density at radius 3 is 2.35 bits per heavy atom. The third-order valence-electron chi connectivity index (χ3n) is 5.52. The third kappa shape index (κ3) is 3.57. The Kier molecular flexibility index (Phi) is 5.37. The van der Waals surface area contributed by atoms with Crippen molar-refractivity contribution in [1.82, 2.24) is 14.5 Å². The first-order chi connectivity index (χ1) is 15.2. The molecule has 7 nitrogen and oxygen atoms in total. The molecule has 158 valence electrons. The van der Waals surface area contributed by atoms with Gasteiger partial charge in [0.15, 0.2) is 6.23 Å². The Labute approximate surface area is 184 Å². The predicted octanol–water partition coefficient (Wildman–Crippen LogP) is 3.39. The number of nitrogens with one attached hydrogen (secondary N) is 1. The highest BCUT2D eigenvalue weighted by atomic mass is 32.1. The van der Waals surface area contributed by atoms with Gasteiger partial charge in [-0.05, 0) is 17.7 Å². The zero-order valence-corrected chi connectivity index (χ0v) is 17.4. The Bertz CT molecular complexity index is 1190. The first-order valence-electron chi connectivity index (χ1n) is 10.0. The van der Waals surface area contributed by atoms with Gasteiger partial charge in [0, 0.05) is 23.2 Å². The average Bonchev–Trinajstić information content (AvgIpc) is 3.33. The van der Waals surface area contributed by atoms with Gasteiger partial charge >= 0.3 is 0 Å². The van der Waals surface area contributed by atoms with Crippen LogP contribution in [0.4, 0.5) is 11.5 Å². The summed E-state index contributed by atoms with van der Waals surface area (Å²) in [5.74, 6) is 0.947. The van der Waals surface area contributed by atoms with Crippen LogP contribution in [0.5, 0.6) is 0 Å². The van der Waals surface area contributed by atoms with E-state index in [2.05, 4.69) is 27.9 Å². The van der Waals surface area contributed by atoms with E-state index in [4.69, 9.17) is 4.74 Å². The van der Waals surface area contributed by atoms with Crippen molar-refractivity contribution in [1.29, 1.82) is 0 Å². The molecule has 31 heavy (non-hydrogen) atoms. The second-order valence-corrected chi connectivity index (χ2v) is 7.82. The van der Waals surface area contributed by atoms with Crippen molar-refractivity contribution in [2.45, 2.75) is 24.5 Å². The number of hydrogen-bond donors (Lipinski definition) is 4. The summed E-state index contributed by atoms with van der Waals surface area (Å²) in [6.45, 7) is 0. The van der Waals surface area contributed by atoms with Crippen LogP contribution in [0.25, 0.3) is 22.2 Å². The van der Waals surface area contributed by atoms with Gasteiger partial charge in [-0.25, -0.2) is 9.97 Å². The summed E-state index contributed by atoms with van der Waals surface area (Å²) in [4.78, 5) is 9.00. The number of benzene rings is 2. The second kappa shape index (κ2) is 8.32. The Morgan fingerprint density at radius 2 is 1.68 bits per heavy atom. The van der Waals surface area contributed by atoms with Gasteiger partial charge in [0.1, 0.15) is 30.0 Å². The van der Waals surface area contributed by atoms with Gasteiger partial charge in [0.2, 0.25) is 0 Å². The number of aliphatic hydroxyl groups excluding tert-OH is 2. The number of rotatable bonds is 5. The van der Waals surface area contributed by atoms with Gasteiger partial charge in [-0.2, -0.15) is 12.6 Å². The fraction of sp³-hybridized carbons (Fsp3) is 0.217. The molecular formula is C23H22N4O3S. The van der Waals surface area contributed by atoms with Crippen molar-refractivity contribution in [2.24, 2.45) is 0 Å². The predicted molar refractivity (Wildman–Crippen MR) is 122 cm³/mol. The zero-order valence-electron chi connectivity index (χ0n) is 16.5. The summed E-state index contributed by atoms with van der Waals surface area (Å²) < 4.78 is 7.71. The molecule has 4 aromatic rings. The molecule has 1 aliphatic heterocycles. The van der Waals surface area contributed by atoms with Crippen molar-refractivity contribution in [3.8, 4) is 11.1 Å². The van der Waals surface area contributed by atoms with E-state index in [0.29, 0.717) is 17.2 Å². The van der Waals surface area contributed by atoms with Gasteiger partial charge in [0.25, 0.3) is 0 Å². The van der Waals surface area contributed by atoms with E-state index in [1.807, 2.05) is 66.9 Å². The quantitative estimate of drug-likeness (QED) is 0.360. The lowest BCUT2D eigenvalue weighted by Crippen LogP contribution is -2.32. The van der Waals surface area contributed by atoms with Crippen molar-refractivity contribution >= 4 is 35.2 Å². The number of thiol groups is 1. The van der Waals surface area contributed by atoms with Crippen molar-refractivity contribution < 1.29 is 14.9 Å². The molecule has 3 N–H and O–H groups in total. The van der Waals surface area contributed by atoms with Crippen LogP contribution in [-0.2, 0) is 4.74 Å². The number of nitrogens with zero attached hydrogens (tertiary/aromatic N) is 3. The first kappa shape index (κ1) is 20.0. The lowest BCUT2D eigenvalue weighted by molar-refractivity contribution is -0.0284. The fourth-order valence-electron chi connectivity index (χ4n) is 3.98. The molecule has 0 saturated carbocycles. The molecule has 0 aliphatic carbocycles. The summed E-state index contributed by atoms with van der Waals surface area (Å²) in [7, 11) is 0. The second-order valence-electron chi connectivity index (χ2n) is 7.46. The molecule has 0 unspecified atom stereocenters. The van der Waals surface area contributed by atoms with Gasteiger partial charge in [0.05, 0.1) is 11.5 Å². The highest BCUT2D eigenvalue weighted by Gasteiger charge is 2.43. The van der Waals surface area contributed by atoms with E-state index in [-0.39, 0.29) is 0 Å². The smallest absolute Gasteiger partial charge is 0.164 e. The molecule has 1 aliphatic rings. The molecule has 1 fully saturated rings. The minimum atomic E-state index is -1.10. The number of aromatic nitrogens is 3. The number of para-hydroxylation sites is 1. The number of hydrogen-bond acceptors (Lipinski definition) is 7. The van der Waals surface area contributed by atoms with E-state index >= 15 is 0 Å². The Balaban J connectivity index is 1.69. The SMILES string of the molecule is O[C@@H]1[C@H](O)[C@@H](CS)O[C@H]1n1cc(-c2ccccc2)c2c(Nc3ccccc3)ncnc21. The molecule has 0 bridgehead atoms. The molecule has 0 amide bonds. The molecule has 0 radical (unpaired) electrons. The summed E-state index contributed by atoms with van der Waals surface area (Å²) in [5.41, 5.74) is 3.38. The van der Waals surface area contributed by atoms with Crippen LogP contribution < -0.4 is 5.32 Å². The monoisotopic (exact) mass is 434 g/mol. The maximum atomic E-state index is 10.7. The molecule has 8 heteroatoms. The molecular weight excluding hydrogens is 412 g/mol. The minimum Gasteiger partial charge on any atom is -0.387 e. The fourth-order valence-corrected chi connectivity index (χ4v) is 4.28. The topological polar surface area (TPSA) is 92.4 Å². The lowest BCUT2D eigenvalue weighted by Gasteiger charge is -2.17. The van der Waals surface area contributed by atoms with Crippen LogP contribution in [-0.4, -0.2) is 48.8 Å². The van der Waals surface area contributed by atoms with Crippen molar-refractivity contribution in [3.63, 3.8) is 0 Å². The van der Waals surface area contributed by atoms with Crippen LogP contribution in [0.3, 0.4) is 0 Å². The molecule has 2 aromatic heterocycles. The number of anilines is 2. The van der Waals surface area contributed by atoms with Crippen LogP contribution in [0.2, 0.25) is 0 Å². The van der Waals surface area contributed by atoms with Gasteiger partial charge in [-0.3, -0.25) is 0 Å². The van der Waals surface area contributed by atoms with Crippen LogP contribution >= 0.6 is 12.6 Å². The minimum absolute atomic E-state index is 0.301. The van der Waals surface area contributed by atoms with Crippen molar-refractivity contribution in [3.05, 3.63) is 73.2 Å². The first-order valence-corrected chi connectivity index (χ1v) is 10.7. The maximum absolute atomic E-state index is 10.7. The van der Waals surface area contributed by atoms with E-state index in [1.165, 1.54) is 6.33 Å². The average molecular weight is 435 g/mol. The molecule has 0 spiro atoms. The van der Waals surface area contributed by atoms with Crippen molar-refractivity contribution in [2.75, 3.05) is 11.1 Å². The standard InChI is InChI=1S/C23H22N4O3S/c28-19-17(12-31)30-23(20(19)29)27-11-16(14-7-3-1-4-8-14)18-21(24-13-25-22(18)27)26-15-9-5-2-6-10-15/h1-11,13,17,19-20,23,28-29,31H,12H2,(H,24,25,26)/t17-,19-,20-,23-/m1/s1. The number of fused-ring (bicyclic) bond motifs is 1. The Hall–Kier alpha value is -2.91. The summed E-state index contributed by atoms with van der Waals surface area (Å²) >= 11 is 4.24. The normalized spacial score (nSPS) is 23.3. The van der Waals surface area contributed by atoms with E-state index in [1.54, 1.807) is 4.57 Å². The van der Waals surface area contributed by atoms with E-state index in [0.717, 1.165) is 22.2 Å². The molecule has 5 rings (SSSR count). The van der Waals surface area contributed by atoms with Gasteiger partial charge in [-0.15, -0.1) is 0 Å². The zero-order chi connectivity index (χ0) is 21.4. The summed E-state index contributed by atoms with van der Waals surface area (Å²) in [5, 5.41) is 25.2. The van der Waals surface area contributed by atoms with Crippen LogP contribution in [0.15, 0.2) is 73.2 Å². The Morgan fingerprint density at radius 1 is 0.968 bits per heavy atom. The maximum Gasteiger partial charge on any atom is 0.164 e. The molecule has 3 heterocycles. The highest BCUT2D eigenvalue weighted by molar-refractivity contribution is 7.80. The lowest BCUT2D eigenvalue weighted by atomic mass is 10.1. The van der Waals surface area contributed by atoms with Crippen LogP contribution in [0, 0.1) is 0 Å². The highest BCUT2D eigenvalue weighted by Crippen LogP contribution is 2.39. The van der Waals surface area contributed by atoms with Gasteiger partial charge < -0.3 is 24.8 Å². The summed E-state index contributed by atoms with van der Waals surface area (Å²) in [6, 6.07) is 19.7. The van der Waals surface area contributed by atoms with Gasteiger partial charge in [-0.1, -0.05) is 48.5 Å². The summed E-state index contributed by atoms with van der Waals surface area (Å²) in [6.07, 6.45) is -0.101. The largest absolute Gasteiger partial charge is 0.387 e. The molecule has 1 saturated heterocycles. The van der Waals surface area contributed by atoms with Crippen LogP contribution in [0.1, 0.15) is 6.23 Å². The number of aliphatic hydroxyl groups is 2.